The molecule has 1 aliphatic heterocycles. The number of esters is 1. The van der Waals surface area contributed by atoms with Crippen molar-refractivity contribution in [1.82, 2.24) is 14.8 Å². The number of benzene rings is 1. The van der Waals surface area contributed by atoms with Crippen LogP contribution < -0.4 is 0 Å². The van der Waals surface area contributed by atoms with Crippen LogP contribution in [0.1, 0.15) is 43.7 Å². The number of hydrogen-bond donors (Lipinski definition) is 0. The summed E-state index contributed by atoms with van der Waals surface area (Å²) >= 11 is 1.54. The van der Waals surface area contributed by atoms with Gasteiger partial charge in [0, 0.05) is 20.0 Å². The molecule has 1 aromatic carbocycles. The fourth-order valence-corrected chi connectivity index (χ4v) is 4.16. The molecule has 1 fully saturated rings. The molecule has 1 saturated heterocycles. The molecule has 2 heterocycles. The third-order valence-corrected chi connectivity index (χ3v) is 6.20. The van der Waals surface area contributed by atoms with Crippen LogP contribution in [0.2, 0.25) is 0 Å². The Balaban J connectivity index is 1.51. The molecule has 0 bridgehead atoms. The standard InChI is InChI=1S/C20H25N3O4S/c1-14(20-21-15-8-5-6-9-16(15)28-20)22(2)18(25)13-27-19(26)12-23-11-7-3-4-10-17(23)24/h5-6,8-9,14H,3-4,7,10-13H2,1-2H3/t14-/m0/s1. The van der Waals surface area contributed by atoms with Gasteiger partial charge in [0.1, 0.15) is 11.6 Å². The van der Waals surface area contributed by atoms with Crippen molar-refractivity contribution < 1.29 is 19.1 Å². The summed E-state index contributed by atoms with van der Waals surface area (Å²) in [5, 5.41) is 0.832. The second kappa shape index (κ2) is 9.14. The third-order valence-electron chi connectivity index (χ3n) is 4.99. The number of ether oxygens (including phenoxy) is 1. The maximum absolute atomic E-state index is 12.4. The molecule has 0 N–H and O–H groups in total. The Hall–Kier alpha value is -2.48. The Bertz CT molecular complexity index is 833. The molecule has 0 unspecified atom stereocenters. The lowest BCUT2D eigenvalue weighted by atomic mass is 10.2. The minimum absolute atomic E-state index is 0.0256. The van der Waals surface area contributed by atoms with Crippen molar-refractivity contribution in [1.29, 1.82) is 0 Å². The van der Waals surface area contributed by atoms with Gasteiger partial charge in [0.05, 0.1) is 16.3 Å². The Labute approximate surface area is 168 Å². The molecule has 150 valence electrons. The van der Waals surface area contributed by atoms with Gasteiger partial charge < -0.3 is 14.5 Å². The number of para-hydroxylation sites is 1. The van der Waals surface area contributed by atoms with Crippen LogP contribution in [-0.2, 0) is 19.1 Å². The summed E-state index contributed by atoms with van der Waals surface area (Å²) in [6.07, 6.45) is 3.20. The number of aromatic nitrogens is 1. The van der Waals surface area contributed by atoms with Crippen molar-refractivity contribution >= 4 is 39.3 Å². The average molecular weight is 404 g/mol. The number of nitrogens with zero attached hydrogens (tertiary/aromatic N) is 3. The molecule has 1 aliphatic rings. The van der Waals surface area contributed by atoms with Gasteiger partial charge in [-0.3, -0.25) is 14.4 Å². The number of carbonyl (C=O) groups is 3. The van der Waals surface area contributed by atoms with Crippen molar-refractivity contribution in [2.45, 2.75) is 38.6 Å². The minimum Gasteiger partial charge on any atom is -0.454 e. The zero-order chi connectivity index (χ0) is 20.1. The van der Waals surface area contributed by atoms with E-state index in [2.05, 4.69) is 4.98 Å². The van der Waals surface area contributed by atoms with E-state index in [0.717, 1.165) is 34.5 Å². The second-order valence-electron chi connectivity index (χ2n) is 6.99. The van der Waals surface area contributed by atoms with E-state index >= 15 is 0 Å². The maximum Gasteiger partial charge on any atom is 0.326 e. The Morgan fingerprint density at radius 1 is 1.29 bits per heavy atom. The van der Waals surface area contributed by atoms with E-state index in [1.807, 2.05) is 31.2 Å². The monoisotopic (exact) mass is 403 g/mol. The molecule has 2 aromatic rings. The van der Waals surface area contributed by atoms with Crippen LogP contribution in [-0.4, -0.2) is 59.3 Å². The highest BCUT2D eigenvalue weighted by molar-refractivity contribution is 7.18. The Kier molecular flexibility index (Phi) is 6.61. The van der Waals surface area contributed by atoms with Crippen LogP contribution in [0.15, 0.2) is 24.3 Å². The lowest BCUT2D eigenvalue weighted by Gasteiger charge is -2.23. The first kappa shape index (κ1) is 20.3. The summed E-state index contributed by atoms with van der Waals surface area (Å²) in [7, 11) is 1.67. The Morgan fingerprint density at radius 2 is 2.07 bits per heavy atom. The molecule has 7 nitrogen and oxygen atoms in total. The molecule has 1 atom stereocenters. The lowest BCUT2D eigenvalue weighted by molar-refractivity contribution is -0.155. The smallest absolute Gasteiger partial charge is 0.326 e. The zero-order valence-corrected chi connectivity index (χ0v) is 17.0. The normalized spacial score (nSPS) is 15.9. The molecule has 1 aromatic heterocycles. The molecule has 0 aliphatic carbocycles. The van der Waals surface area contributed by atoms with E-state index in [1.54, 1.807) is 18.4 Å². The van der Waals surface area contributed by atoms with Crippen LogP contribution in [0.3, 0.4) is 0 Å². The van der Waals surface area contributed by atoms with E-state index in [0.29, 0.717) is 13.0 Å². The predicted octanol–water partition coefficient (Wildman–Crippen LogP) is 2.76. The largest absolute Gasteiger partial charge is 0.454 e. The van der Waals surface area contributed by atoms with Gasteiger partial charge in [-0.2, -0.15) is 0 Å². The van der Waals surface area contributed by atoms with Gasteiger partial charge >= 0.3 is 5.97 Å². The van der Waals surface area contributed by atoms with Crippen LogP contribution in [0.5, 0.6) is 0 Å². The van der Waals surface area contributed by atoms with Crippen LogP contribution >= 0.6 is 11.3 Å². The first-order valence-corrected chi connectivity index (χ1v) is 10.3. The van der Waals surface area contributed by atoms with Gasteiger partial charge in [0.2, 0.25) is 5.91 Å². The molecule has 0 saturated carbocycles. The van der Waals surface area contributed by atoms with Crippen molar-refractivity contribution in [3.05, 3.63) is 29.3 Å². The fraction of sp³-hybridized carbons (Fsp3) is 0.500. The van der Waals surface area contributed by atoms with Gasteiger partial charge in [-0.05, 0) is 31.9 Å². The summed E-state index contributed by atoms with van der Waals surface area (Å²) in [5.74, 6) is -0.880. The van der Waals surface area contributed by atoms with Gasteiger partial charge in [-0.1, -0.05) is 18.6 Å². The highest BCUT2D eigenvalue weighted by Crippen LogP contribution is 2.28. The molecule has 0 spiro atoms. The van der Waals surface area contributed by atoms with Crippen molar-refractivity contribution in [2.75, 3.05) is 26.7 Å². The highest BCUT2D eigenvalue weighted by atomic mass is 32.1. The lowest BCUT2D eigenvalue weighted by Crippen LogP contribution is -2.38. The quantitative estimate of drug-likeness (QED) is 0.693. The summed E-state index contributed by atoms with van der Waals surface area (Å²) in [4.78, 5) is 44.1. The van der Waals surface area contributed by atoms with Gasteiger partial charge in [-0.25, -0.2) is 4.98 Å². The number of amides is 2. The number of rotatable bonds is 6. The summed E-state index contributed by atoms with van der Waals surface area (Å²) in [6.45, 7) is 2.03. The molecule has 8 heteroatoms. The topological polar surface area (TPSA) is 79.8 Å². The molecule has 3 rings (SSSR count). The number of fused-ring (bicyclic) bond motifs is 1. The van der Waals surface area contributed by atoms with E-state index in [-0.39, 0.29) is 31.0 Å². The zero-order valence-electron chi connectivity index (χ0n) is 16.2. The summed E-state index contributed by atoms with van der Waals surface area (Å²) in [6, 6.07) is 7.60. The highest BCUT2D eigenvalue weighted by Gasteiger charge is 2.23. The van der Waals surface area contributed by atoms with Crippen LogP contribution in [0.4, 0.5) is 0 Å². The van der Waals surface area contributed by atoms with E-state index < -0.39 is 5.97 Å². The van der Waals surface area contributed by atoms with Gasteiger partial charge in [0.15, 0.2) is 6.61 Å². The first-order chi connectivity index (χ1) is 13.5. The first-order valence-electron chi connectivity index (χ1n) is 9.50. The molecule has 28 heavy (non-hydrogen) atoms. The van der Waals surface area contributed by atoms with E-state index in [9.17, 15) is 14.4 Å². The number of hydrogen-bond acceptors (Lipinski definition) is 6. The SMILES string of the molecule is C[C@@H](c1nc2ccccc2s1)N(C)C(=O)COC(=O)CN1CCCCCC1=O. The molecule has 2 amide bonds. The minimum atomic E-state index is -0.551. The fourth-order valence-electron chi connectivity index (χ4n) is 3.10. The van der Waals surface area contributed by atoms with Gasteiger partial charge in [-0.15, -0.1) is 11.3 Å². The van der Waals surface area contributed by atoms with E-state index in [4.69, 9.17) is 4.74 Å². The summed E-state index contributed by atoms with van der Waals surface area (Å²) < 4.78 is 6.19. The third kappa shape index (κ3) is 4.86. The number of carbonyl (C=O) groups excluding carboxylic acids is 3. The van der Waals surface area contributed by atoms with Crippen molar-refractivity contribution in [3.8, 4) is 0 Å². The van der Waals surface area contributed by atoms with Crippen LogP contribution in [0, 0.1) is 0 Å². The van der Waals surface area contributed by atoms with Crippen molar-refractivity contribution in [2.24, 2.45) is 0 Å². The predicted molar refractivity (Wildman–Crippen MR) is 107 cm³/mol. The molecule has 0 radical (unpaired) electrons. The van der Waals surface area contributed by atoms with Crippen molar-refractivity contribution in [3.63, 3.8) is 0 Å². The Morgan fingerprint density at radius 3 is 2.86 bits per heavy atom. The van der Waals surface area contributed by atoms with Gasteiger partial charge in [0.25, 0.3) is 5.91 Å². The average Bonchev–Trinajstić information content (AvgIpc) is 3.03. The number of likely N-dealkylation sites (N-methyl/N-ethyl adjacent to an activating group) is 1. The van der Waals surface area contributed by atoms with E-state index in [1.165, 1.54) is 9.80 Å². The second-order valence-corrected chi connectivity index (χ2v) is 8.05. The molecular weight excluding hydrogens is 378 g/mol. The maximum atomic E-state index is 12.4. The number of likely N-dealkylation sites (tertiary alicyclic amines) is 1. The molecular formula is C20H25N3O4S. The van der Waals surface area contributed by atoms with Crippen LogP contribution in [0.25, 0.3) is 10.2 Å². The number of thiazole rings is 1. The summed E-state index contributed by atoms with van der Waals surface area (Å²) in [5.41, 5.74) is 0.906.